The maximum absolute atomic E-state index is 12.5. The third kappa shape index (κ3) is 6.47. The third-order valence-corrected chi connectivity index (χ3v) is 4.41. The van der Waals surface area contributed by atoms with Crippen LogP contribution in [0.2, 0.25) is 0 Å². The Morgan fingerprint density at radius 3 is 2.63 bits per heavy atom. The van der Waals surface area contributed by atoms with Crippen LogP contribution in [0.4, 0.5) is 9.59 Å². The molecular formula is C19H26N2O6. The molecule has 0 aliphatic carbocycles. The predicted octanol–water partition coefficient (Wildman–Crippen LogP) is 2.97. The van der Waals surface area contributed by atoms with Gasteiger partial charge in [0.15, 0.2) is 0 Å². The number of ether oxygens (including phenoxy) is 2. The largest absolute Gasteiger partial charge is 0.481 e. The number of aliphatic carboxylic acids is 1. The number of nitrogens with zero attached hydrogens (tertiary/aromatic N) is 1. The Bertz CT molecular complexity index is 636. The average molecular weight is 378 g/mol. The first-order valence-corrected chi connectivity index (χ1v) is 9.14. The minimum atomic E-state index is -0.946. The van der Waals surface area contributed by atoms with Gasteiger partial charge in [-0.15, -0.1) is 0 Å². The van der Waals surface area contributed by atoms with Crippen molar-refractivity contribution in [2.45, 2.75) is 45.4 Å². The number of hydrogen-bond donors (Lipinski definition) is 2. The van der Waals surface area contributed by atoms with Crippen LogP contribution in [0.1, 0.15) is 38.2 Å². The summed E-state index contributed by atoms with van der Waals surface area (Å²) in [4.78, 5) is 37.1. The van der Waals surface area contributed by atoms with Crippen molar-refractivity contribution in [2.75, 3.05) is 13.2 Å². The molecule has 2 N–H and O–H groups in total. The summed E-state index contributed by atoms with van der Waals surface area (Å²) < 4.78 is 10.4. The summed E-state index contributed by atoms with van der Waals surface area (Å²) in [7, 11) is 0. The molecule has 27 heavy (non-hydrogen) atoms. The number of unbranched alkanes of at least 4 members (excludes halogenated alkanes) is 1. The molecule has 0 radical (unpaired) electrons. The van der Waals surface area contributed by atoms with E-state index in [0.717, 1.165) is 18.4 Å². The van der Waals surface area contributed by atoms with E-state index in [0.29, 0.717) is 6.42 Å². The van der Waals surface area contributed by atoms with E-state index in [9.17, 15) is 19.5 Å². The van der Waals surface area contributed by atoms with Crippen LogP contribution in [0.15, 0.2) is 30.3 Å². The van der Waals surface area contributed by atoms with Crippen molar-refractivity contribution in [3.05, 3.63) is 35.9 Å². The quantitative estimate of drug-likeness (QED) is 0.707. The molecular weight excluding hydrogens is 352 g/mol. The van der Waals surface area contributed by atoms with Crippen molar-refractivity contribution in [3.63, 3.8) is 0 Å². The first kappa shape index (κ1) is 20.5. The molecule has 1 aliphatic heterocycles. The summed E-state index contributed by atoms with van der Waals surface area (Å²) >= 11 is 0. The van der Waals surface area contributed by atoms with E-state index < -0.39 is 30.2 Å². The molecule has 148 valence electrons. The second-order valence-corrected chi connectivity index (χ2v) is 6.44. The van der Waals surface area contributed by atoms with Gasteiger partial charge in [-0.1, -0.05) is 43.7 Å². The number of piperidine rings is 1. The van der Waals surface area contributed by atoms with Crippen molar-refractivity contribution in [2.24, 2.45) is 5.92 Å². The number of benzene rings is 1. The normalized spacial score (nSPS) is 19.2. The van der Waals surface area contributed by atoms with Gasteiger partial charge in [-0.05, 0) is 24.8 Å². The summed E-state index contributed by atoms with van der Waals surface area (Å²) in [6, 6.07) is 9.23. The van der Waals surface area contributed by atoms with Gasteiger partial charge < -0.3 is 19.9 Å². The fraction of sp³-hybridized carbons (Fsp3) is 0.526. The van der Waals surface area contributed by atoms with Crippen LogP contribution < -0.4 is 5.32 Å². The number of carboxylic acid groups (broad SMARTS) is 1. The van der Waals surface area contributed by atoms with Gasteiger partial charge >= 0.3 is 18.2 Å². The van der Waals surface area contributed by atoms with E-state index in [4.69, 9.17) is 9.47 Å². The highest BCUT2D eigenvalue weighted by molar-refractivity contribution is 5.74. The molecule has 0 spiro atoms. The first-order chi connectivity index (χ1) is 13.0. The number of hydrogen-bond acceptors (Lipinski definition) is 5. The fourth-order valence-electron chi connectivity index (χ4n) is 2.83. The summed E-state index contributed by atoms with van der Waals surface area (Å²) in [5.41, 5.74) is 0.842. The van der Waals surface area contributed by atoms with E-state index >= 15 is 0 Å². The lowest BCUT2D eigenvalue weighted by atomic mass is 9.95. The molecule has 0 saturated carbocycles. The second kappa shape index (κ2) is 10.4. The molecule has 2 amide bonds. The number of carbonyl (C=O) groups is 3. The van der Waals surface area contributed by atoms with Crippen LogP contribution in [0.3, 0.4) is 0 Å². The lowest BCUT2D eigenvalue weighted by molar-refractivity contribution is -0.144. The lowest BCUT2D eigenvalue weighted by Gasteiger charge is -2.37. The molecule has 1 aliphatic rings. The maximum atomic E-state index is 12.5. The SMILES string of the molecule is CCCCOC(=O)NC1CC(C(=O)O)CCN1C(=O)OCc1ccccc1. The number of carbonyl (C=O) groups excluding carboxylic acids is 2. The zero-order valence-electron chi connectivity index (χ0n) is 15.4. The highest BCUT2D eigenvalue weighted by atomic mass is 16.6. The van der Waals surface area contributed by atoms with Gasteiger partial charge in [0.2, 0.25) is 0 Å². The van der Waals surface area contributed by atoms with Gasteiger partial charge in [0.1, 0.15) is 12.8 Å². The van der Waals surface area contributed by atoms with Crippen LogP contribution in [-0.4, -0.2) is 47.5 Å². The van der Waals surface area contributed by atoms with Crippen LogP contribution in [0, 0.1) is 5.92 Å². The van der Waals surface area contributed by atoms with Crippen LogP contribution in [0.25, 0.3) is 0 Å². The number of nitrogens with one attached hydrogen (secondary N) is 1. The van der Waals surface area contributed by atoms with E-state index in [-0.39, 0.29) is 26.2 Å². The smallest absolute Gasteiger partial charge is 0.411 e. The first-order valence-electron chi connectivity index (χ1n) is 9.14. The molecule has 1 heterocycles. The minimum absolute atomic E-state index is 0.103. The summed E-state index contributed by atoms with van der Waals surface area (Å²) in [5, 5.41) is 11.9. The van der Waals surface area contributed by atoms with E-state index in [2.05, 4.69) is 5.32 Å². The molecule has 1 aromatic carbocycles. The molecule has 0 bridgehead atoms. The number of alkyl carbamates (subject to hydrolysis) is 1. The molecule has 8 nitrogen and oxygen atoms in total. The Labute approximate surface area is 158 Å². The monoisotopic (exact) mass is 378 g/mol. The number of amides is 2. The van der Waals surface area contributed by atoms with Gasteiger partial charge in [0.25, 0.3) is 0 Å². The van der Waals surface area contributed by atoms with E-state index in [1.807, 2.05) is 37.3 Å². The zero-order valence-corrected chi connectivity index (χ0v) is 15.4. The van der Waals surface area contributed by atoms with E-state index in [1.165, 1.54) is 4.90 Å². The molecule has 2 atom stereocenters. The molecule has 2 rings (SSSR count). The van der Waals surface area contributed by atoms with Gasteiger partial charge in [0, 0.05) is 6.54 Å². The van der Waals surface area contributed by atoms with Gasteiger partial charge in [0.05, 0.1) is 12.5 Å². The van der Waals surface area contributed by atoms with Crippen molar-refractivity contribution in [1.82, 2.24) is 10.2 Å². The topological polar surface area (TPSA) is 105 Å². The molecule has 1 saturated heterocycles. The minimum Gasteiger partial charge on any atom is -0.481 e. The highest BCUT2D eigenvalue weighted by Crippen LogP contribution is 2.23. The van der Waals surface area contributed by atoms with Crippen molar-refractivity contribution in [1.29, 1.82) is 0 Å². The summed E-state index contributed by atoms with van der Waals surface area (Å²) in [6.45, 7) is 2.54. The highest BCUT2D eigenvalue weighted by Gasteiger charge is 2.36. The van der Waals surface area contributed by atoms with Gasteiger partial charge in [-0.3, -0.25) is 9.69 Å². The molecule has 2 unspecified atom stereocenters. The second-order valence-electron chi connectivity index (χ2n) is 6.44. The molecule has 0 aromatic heterocycles. The molecule has 1 aromatic rings. The Morgan fingerprint density at radius 1 is 1.22 bits per heavy atom. The number of carboxylic acids is 1. The fourth-order valence-corrected chi connectivity index (χ4v) is 2.83. The maximum Gasteiger partial charge on any atom is 0.411 e. The summed E-state index contributed by atoms with van der Waals surface area (Å²) in [6.07, 6.45) is -0.00884. The van der Waals surface area contributed by atoms with Crippen molar-refractivity contribution in [3.8, 4) is 0 Å². The molecule has 1 fully saturated rings. The number of rotatable bonds is 7. The van der Waals surface area contributed by atoms with Gasteiger partial charge in [-0.2, -0.15) is 0 Å². The number of likely N-dealkylation sites (tertiary alicyclic amines) is 1. The standard InChI is InChI=1S/C19H26N2O6/c1-2-3-11-26-18(24)20-16-12-15(17(22)23)9-10-21(16)19(25)27-13-14-7-5-4-6-8-14/h4-8,15-16H,2-3,9-13H2,1H3,(H,20,24)(H,22,23). The third-order valence-electron chi connectivity index (χ3n) is 4.41. The Balaban J connectivity index is 1.96. The van der Waals surface area contributed by atoms with Crippen LogP contribution in [-0.2, 0) is 20.9 Å². The molecule has 8 heteroatoms. The zero-order chi connectivity index (χ0) is 19.6. The van der Waals surface area contributed by atoms with Crippen molar-refractivity contribution >= 4 is 18.2 Å². The van der Waals surface area contributed by atoms with Crippen LogP contribution in [0.5, 0.6) is 0 Å². The van der Waals surface area contributed by atoms with Gasteiger partial charge in [-0.25, -0.2) is 9.59 Å². The Hall–Kier alpha value is -2.77. The Morgan fingerprint density at radius 2 is 1.96 bits per heavy atom. The van der Waals surface area contributed by atoms with Crippen LogP contribution >= 0.6 is 0 Å². The van der Waals surface area contributed by atoms with E-state index in [1.54, 1.807) is 0 Å². The summed E-state index contributed by atoms with van der Waals surface area (Å²) in [5.74, 6) is -1.58. The lowest BCUT2D eigenvalue weighted by Crippen LogP contribution is -2.55. The Kier molecular flexibility index (Phi) is 7.91. The average Bonchev–Trinajstić information content (AvgIpc) is 2.67. The van der Waals surface area contributed by atoms with Crippen molar-refractivity contribution < 1.29 is 29.0 Å². The predicted molar refractivity (Wildman–Crippen MR) is 96.9 cm³/mol.